The molecule has 0 spiro atoms. The van der Waals surface area contributed by atoms with Crippen molar-refractivity contribution in [3.05, 3.63) is 35.4 Å². The number of aryl methyl sites for hydroxylation is 1. The van der Waals surface area contributed by atoms with Gasteiger partial charge in [-0.25, -0.2) is 0 Å². The van der Waals surface area contributed by atoms with Gasteiger partial charge in [0.25, 0.3) is 0 Å². The molecule has 3 nitrogen and oxygen atoms in total. The third-order valence-corrected chi connectivity index (χ3v) is 5.22. The molecular formula is C17H22O3. The Hall–Kier alpha value is -1.35. The highest BCUT2D eigenvalue weighted by molar-refractivity contribution is 5.76. The topological polar surface area (TPSA) is 46.5 Å². The second kappa shape index (κ2) is 5.21. The molecule has 1 saturated heterocycles. The molecule has 1 fully saturated rings. The lowest BCUT2D eigenvalue weighted by Crippen LogP contribution is -2.39. The van der Waals surface area contributed by atoms with Crippen LogP contribution in [0.1, 0.15) is 49.7 Å². The van der Waals surface area contributed by atoms with Crippen molar-refractivity contribution in [2.24, 2.45) is 5.41 Å². The van der Waals surface area contributed by atoms with Gasteiger partial charge in [0, 0.05) is 6.61 Å². The van der Waals surface area contributed by atoms with Crippen molar-refractivity contribution >= 4 is 5.97 Å². The van der Waals surface area contributed by atoms with Gasteiger partial charge < -0.3 is 9.84 Å². The number of benzene rings is 1. The maximum absolute atomic E-state index is 11.8. The van der Waals surface area contributed by atoms with E-state index < -0.39 is 11.4 Å². The van der Waals surface area contributed by atoms with Gasteiger partial charge in [-0.05, 0) is 56.1 Å². The first-order valence-corrected chi connectivity index (χ1v) is 7.56. The number of hydrogen-bond acceptors (Lipinski definition) is 2. The van der Waals surface area contributed by atoms with Crippen LogP contribution in [0.25, 0.3) is 0 Å². The second-order valence-corrected chi connectivity index (χ2v) is 6.22. The Kier molecular flexibility index (Phi) is 3.55. The summed E-state index contributed by atoms with van der Waals surface area (Å²) in [7, 11) is 0. The first kappa shape index (κ1) is 13.6. The molecule has 0 saturated carbocycles. The fraction of sp³-hybridized carbons (Fsp3) is 0.588. The minimum Gasteiger partial charge on any atom is -0.481 e. The fourth-order valence-corrected chi connectivity index (χ4v) is 3.92. The Bertz CT molecular complexity index is 511. The zero-order valence-corrected chi connectivity index (χ0v) is 12.0. The molecule has 108 valence electrons. The minimum absolute atomic E-state index is 0.186. The average Bonchev–Trinajstić information content (AvgIpc) is 2.82. The quantitative estimate of drug-likeness (QED) is 0.919. The molecule has 3 rings (SSSR count). The van der Waals surface area contributed by atoms with Crippen LogP contribution in [0.15, 0.2) is 24.3 Å². The Labute approximate surface area is 120 Å². The Morgan fingerprint density at radius 2 is 2.25 bits per heavy atom. The molecule has 1 heterocycles. The summed E-state index contributed by atoms with van der Waals surface area (Å²) >= 11 is 0. The Morgan fingerprint density at radius 1 is 1.45 bits per heavy atom. The van der Waals surface area contributed by atoms with Gasteiger partial charge in [0.2, 0.25) is 0 Å². The molecule has 3 atom stereocenters. The lowest BCUT2D eigenvalue weighted by atomic mass is 9.69. The van der Waals surface area contributed by atoms with Gasteiger partial charge >= 0.3 is 5.97 Å². The van der Waals surface area contributed by atoms with Crippen molar-refractivity contribution in [3.8, 4) is 0 Å². The maximum atomic E-state index is 11.8. The Morgan fingerprint density at radius 3 is 2.95 bits per heavy atom. The van der Waals surface area contributed by atoms with E-state index in [4.69, 9.17) is 4.74 Å². The largest absolute Gasteiger partial charge is 0.481 e. The molecule has 1 aromatic carbocycles. The summed E-state index contributed by atoms with van der Waals surface area (Å²) in [6, 6.07) is 8.51. The Balaban J connectivity index is 1.89. The van der Waals surface area contributed by atoms with Crippen LogP contribution in [-0.4, -0.2) is 23.8 Å². The van der Waals surface area contributed by atoms with Gasteiger partial charge in [-0.15, -0.1) is 0 Å². The number of carbonyl (C=O) groups is 1. The first-order valence-electron chi connectivity index (χ1n) is 7.56. The van der Waals surface area contributed by atoms with Crippen LogP contribution in [0.2, 0.25) is 0 Å². The highest BCUT2D eigenvalue weighted by Crippen LogP contribution is 2.46. The van der Waals surface area contributed by atoms with E-state index >= 15 is 0 Å². The zero-order valence-electron chi connectivity index (χ0n) is 12.0. The number of carboxylic acids is 1. The predicted molar refractivity (Wildman–Crippen MR) is 76.8 cm³/mol. The van der Waals surface area contributed by atoms with Gasteiger partial charge in [0.1, 0.15) is 0 Å². The number of carboxylic acid groups (broad SMARTS) is 1. The van der Waals surface area contributed by atoms with Crippen LogP contribution in [0.4, 0.5) is 0 Å². The van der Waals surface area contributed by atoms with Crippen LogP contribution in [0.5, 0.6) is 0 Å². The highest BCUT2D eigenvalue weighted by atomic mass is 16.5. The SMILES string of the molecule is CC1OCCC1(CC1CCCc2ccccc21)C(=O)O. The molecule has 0 amide bonds. The lowest BCUT2D eigenvalue weighted by molar-refractivity contribution is -0.152. The van der Waals surface area contributed by atoms with E-state index in [0.29, 0.717) is 25.4 Å². The van der Waals surface area contributed by atoms with Crippen molar-refractivity contribution in [2.45, 2.75) is 51.0 Å². The van der Waals surface area contributed by atoms with Gasteiger partial charge in [0.05, 0.1) is 11.5 Å². The summed E-state index contributed by atoms with van der Waals surface area (Å²) in [5, 5.41) is 9.73. The summed E-state index contributed by atoms with van der Waals surface area (Å²) in [6.45, 7) is 2.48. The average molecular weight is 274 g/mol. The lowest BCUT2D eigenvalue weighted by Gasteiger charge is -2.34. The van der Waals surface area contributed by atoms with E-state index in [0.717, 1.165) is 19.3 Å². The number of rotatable bonds is 3. The molecule has 1 aliphatic carbocycles. The highest BCUT2D eigenvalue weighted by Gasteiger charge is 2.49. The summed E-state index contributed by atoms with van der Waals surface area (Å²) < 4.78 is 5.58. The van der Waals surface area contributed by atoms with E-state index in [-0.39, 0.29) is 6.10 Å². The summed E-state index contributed by atoms with van der Waals surface area (Å²) in [6.07, 6.45) is 4.54. The van der Waals surface area contributed by atoms with Crippen LogP contribution in [0.3, 0.4) is 0 Å². The predicted octanol–water partition coefficient (Wildman–Crippen LogP) is 3.38. The van der Waals surface area contributed by atoms with Crippen molar-refractivity contribution < 1.29 is 14.6 Å². The smallest absolute Gasteiger partial charge is 0.312 e. The van der Waals surface area contributed by atoms with E-state index in [1.165, 1.54) is 11.1 Å². The van der Waals surface area contributed by atoms with Crippen molar-refractivity contribution in [1.82, 2.24) is 0 Å². The van der Waals surface area contributed by atoms with Crippen LogP contribution in [0, 0.1) is 5.41 Å². The fourth-order valence-electron chi connectivity index (χ4n) is 3.92. The molecule has 20 heavy (non-hydrogen) atoms. The molecule has 0 bridgehead atoms. The molecule has 3 unspecified atom stereocenters. The number of fused-ring (bicyclic) bond motifs is 1. The van der Waals surface area contributed by atoms with Crippen molar-refractivity contribution in [3.63, 3.8) is 0 Å². The molecule has 1 N–H and O–H groups in total. The van der Waals surface area contributed by atoms with Gasteiger partial charge in [0.15, 0.2) is 0 Å². The van der Waals surface area contributed by atoms with E-state index in [1.54, 1.807) is 0 Å². The van der Waals surface area contributed by atoms with E-state index in [9.17, 15) is 9.90 Å². The van der Waals surface area contributed by atoms with E-state index in [1.807, 2.05) is 6.92 Å². The normalized spacial score (nSPS) is 32.9. The molecule has 3 heteroatoms. The van der Waals surface area contributed by atoms with Crippen LogP contribution >= 0.6 is 0 Å². The van der Waals surface area contributed by atoms with Crippen molar-refractivity contribution in [1.29, 1.82) is 0 Å². The molecule has 0 radical (unpaired) electrons. The summed E-state index contributed by atoms with van der Waals surface area (Å²) in [5.74, 6) is -0.328. The standard InChI is InChI=1S/C17H22O3/c1-12-17(16(18)19,9-10-20-12)11-14-7-4-6-13-5-2-3-8-15(13)14/h2-3,5,8,12,14H,4,6-7,9-11H2,1H3,(H,18,19). The van der Waals surface area contributed by atoms with Gasteiger partial charge in [-0.2, -0.15) is 0 Å². The third kappa shape index (κ3) is 2.14. The summed E-state index contributed by atoms with van der Waals surface area (Å²) in [5.41, 5.74) is 2.06. The number of ether oxygens (including phenoxy) is 1. The first-order chi connectivity index (χ1) is 9.63. The monoisotopic (exact) mass is 274 g/mol. The second-order valence-electron chi connectivity index (χ2n) is 6.22. The minimum atomic E-state index is -0.699. The molecule has 1 aliphatic heterocycles. The van der Waals surface area contributed by atoms with Crippen LogP contribution < -0.4 is 0 Å². The zero-order chi connectivity index (χ0) is 14.2. The number of hydrogen-bond donors (Lipinski definition) is 1. The van der Waals surface area contributed by atoms with Crippen molar-refractivity contribution in [2.75, 3.05) is 6.61 Å². The van der Waals surface area contributed by atoms with Gasteiger partial charge in [-0.3, -0.25) is 4.79 Å². The van der Waals surface area contributed by atoms with Crippen LogP contribution in [-0.2, 0) is 16.0 Å². The third-order valence-electron chi connectivity index (χ3n) is 5.22. The molecule has 2 aliphatic rings. The molecule has 1 aromatic rings. The van der Waals surface area contributed by atoms with E-state index in [2.05, 4.69) is 24.3 Å². The molecular weight excluding hydrogens is 252 g/mol. The summed E-state index contributed by atoms with van der Waals surface area (Å²) in [4.78, 5) is 11.8. The maximum Gasteiger partial charge on any atom is 0.312 e. The molecule has 0 aromatic heterocycles. The number of aliphatic carboxylic acids is 1. The van der Waals surface area contributed by atoms with Gasteiger partial charge in [-0.1, -0.05) is 24.3 Å².